The SMILES string of the molecule is CCC(CO)(CO)NCc1cc(Br)c(Br)s1. The van der Waals surface area contributed by atoms with Crippen LogP contribution in [0.1, 0.15) is 18.2 Å². The average Bonchev–Trinajstić information content (AvgIpc) is 2.61. The van der Waals surface area contributed by atoms with Crippen molar-refractivity contribution >= 4 is 43.2 Å². The smallest absolute Gasteiger partial charge is 0.0843 e. The summed E-state index contributed by atoms with van der Waals surface area (Å²) in [6, 6.07) is 2.02. The van der Waals surface area contributed by atoms with Gasteiger partial charge in [0, 0.05) is 15.9 Å². The molecule has 0 spiro atoms. The van der Waals surface area contributed by atoms with Gasteiger partial charge in [-0.1, -0.05) is 6.92 Å². The van der Waals surface area contributed by atoms with Crippen LogP contribution in [0.15, 0.2) is 14.3 Å². The van der Waals surface area contributed by atoms with Gasteiger partial charge in [-0.05, 0) is 44.3 Å². The van der Waals surface area contributed by atoms with Gasteiger partial charge in [-0.15, -0.1) is 11.3 Å². The van der Waals surface area contributed by atoms with Crippen molar-refractivity contribution in [3.05, 3.63) is 19.2 Å². The Hall–Kier alpha value is 0.540. The number of halogens is 2. The first-order valence-corrected chi connectivity index (χ1v) is 7.37. The molecule has 3 nitrogen and oxygen atoms in total. The highest BCUT2D eigenvalue weighted by Crippen LogP contribution is 2.32. The molecule has 0 aliphatic heterocycles. The number of hydrogen-bond acceptors (Lipinski definition) is 4. The molecule has 1 heterocycles. The van der Waals surface area contributed by atoms with E-state index in [1.54, 1.807) is 11.3 Å². The molecule has 1 rings (SSSR count). The second-order valence-corrected chi connectivity index (χ2v) is 6.95. The molecule has 0 unspecified atom stereocenters. The van der Waals surface area contributed by atoms with E-state index in [4.69, 9.17) is 0 Å². The predicted molar refractivity (Wildman–Crippen MR) is 73.8 cm³/mol. The van der Waals surface area contributed by atoms with Gasteiger partial charge in [0.1, 0.15) is 0 Å². The summed E-state index contributed by atoms with van der Waals surface area (Å²) in [6.07, 6.45) is 0.688. The topological polar surface area (TPSA) is 52.5 Å². The molecule has 92 valence electrons. The Labute approximate surface area is 116 Å². The number of hydrogen-bond donors (Lipinski definition) is 3. The largest absolute Gasteiger partial charge is 0.394 e. The molecule has 0 saturated carbocycles. The van der Waals surface area contributed by atoms with E-state index < -0.39 is 5.54 Å². The Kier molecular flexibility index (Phi) is 5.90. The van der Waals surface area contributed by atoms with Gasteiger partial charge in [0.2, 0.25) is 0 Å². The van der Waals surface area contributed by atoms with Crippen LogP contribution in [0.25, 0.3) is 0 Å². The summed E-state index contributed by atoms with van der Waals surface area (Å²) >= 11 is 8.49. The molecule has 1 aromatic rings. The standard InChI is InChI=1S/C10H15Br2NO2S/c1-2-10(5-14,6-15)13-4-7-3-8(11)9(12)16-7/h3,13-15H,2,4-6H2,1H3. The van der Waals surface area contributed by atoms with Crippen molar-refractivity contribution < 1.29 is 10.2 Å². The Morgan fingerprint density at radius 3 is 2.38 bits per heavy atom. The van der Waals surface area contributed by atoms with Gasteiger partial charge in [0.15, 0.2) is 0 Å². The molecule has 0 radical (unpaired) electrons. The molecule has 0 bridgehead atoms. The van der Waals surface area contributed by atoms with Gasteiger partial charge in [-0.25, -0.2) is 0 Å². The fourth-order valence-electron chi connectivity index (χ4n) is 1.26. The van der Waals surface area contributed by atoms with Gasteiger partial charge in [-0.3, -0.25) is 0 Å². The summed E-state index contributed by atoms with van der Waals surface area (Å²) in [4.78, 5) is 1.15. The summed E-state index contributed by atoms with van der Waals surface area (Å²) in [7, 11) is 0. The number of rotatable bonds is 6. The van der Waals surface area contributed by atoms with E-state index in [0.29, 0.717) is 13.0 Å². The maximum atomic E-state index is 9.28. The van der Waals surface area contributed by atoms with E-state index in [9.17, 15) is 10.2 Å². The van der Waals surface area contributed by atoms with Gasteiger partial charge in [-0.2, -0.15) is 0 Å². The van der Waals surface area contributed by atoms with Crippen LogP contribution in [-0.2, 0) is 6.54 Å². The first-order chi connectivity index (χ1) is 7.56. The molecule has 0 aliphatic carbocycles. The third-order valence-corrected chi connectivity index (χ3v) is 5.87. The third-order valence-electron chi connectivity index (χ3n) is 2.62. The molecule has 0 aromatic carbocycles. The van der Waals surface area contributed by atoms with Gasteiger partial charge in [0.25, 0.3) is 0 Å². The van der Waals surface area contributed by atoms with Crippen molar-refractivity contribution in [3.8, 4) is 0 Å². The van der Waals surface area contributed by atoms with E-state index in [1.165, 1.54) is 0 Å². The maximum absolute atomic E-state index is 9.28. The molecular weight excluding hydrogens is 358 g/mol. The van der Waals surface area contributed by atoms with Crippen molar-refractivity contribution in [1.82, 2.24) is 5.32 Å². The monoisotopic (exact) mass is 371 g/mol. The van der Waals surface area contributed by atoms with E-state index in [-0.39, 0.29) is 13.2 Å². The lowest BCUT2D eigenvalue weighted by molar-refractivity contribution is 0.0866. The van der Waals surface area contributed by atoms with Crippen LogP contribution in [0.3, 0.4) is 0 Å². The highest BCUT2D eigenvalue weighted by molar-refractivity contribution is 9.13. The van der Waals surface area contributed by atoms with Crippen molar-refractivity contribution in [3.63, 3.8) is 0 Å². The number of aliphatic hydroxyl groups excluding tert-OH is 2. The summed E-state index contributed by atoms with van der Waals surface area (Å²) in [6.45, 7) is 2.46. The van der Waals surface area contributed by atoms with Crippen molar-refractivity contribution in [2.75, 3.05) is 13.2 Å². The Morgan fingerprint density at radius 1 is 1.38 bits per heavy atom. The minimum absolute atomic E-state index is 0.0618. The van der Waals surface area contributed by atoms with Gasteiger partial charge in [0.05, 0.1) is 22.5 Å². The van der Waals surface area contributed by atoms with Gasteiger partial charge < -0.3 is 15.5 Å². The van der Waals surface area contributed by atoms with Crippen molar-refractivity contribution in [2.45, 2.75) is 25.4 Å². The highest BCUT2D eigenvalue weighted by Gasteiger charge is 2.25. The molecule has 0 atom stereocenters. The summed E-state index contributed by atoms with van der Waals surface area (Å²) < 4.78 is 2.09. The van der Waals surface area contributed by atoms with Crippen molar-refractivity contribution in [2.24, 2.45) is 0 Å². The fraction of sp³-hybridized carbons (Fsp3) is 0.600. The lowest BCUT2D eigenvalue weighted by Crippen LogP contribution is -2.50. The first kappa shape index (κ1) is 14.6. The lowest BCUT2D eigenvalue weighted by atomic mass is 9.98. The van der Waals surface area contributed by atoms with Crippen LogP contribution in [-0.4, -0.2) is 29.0 Å². The van der Waals surface area contributed by atoms with Crippen LogP contribution in [0.5, 0.6) is 0 Å². The zero-order valence-electron chi connectivity index (χ0n) is 8.96. The second-order valence-electron chi connectivity index (χ2n) is 3.64. The molecule has 0 fully saturated rings. The quantitative estimate of drug-likeness (QED) is 0.719. The van der Waals surface area contributed by atoms with E-state index >= 15 is 0 Å². The number of aliphatic hydroxyl groups is 2. The minimum atomic E-state index is -0.580. The van der Waals surface area contributed by atoms with Crippen LogP contribution < -0.4 is 5.32 Å². The van der Waals surface area contributed by atoms with E-state index in [2.05, 4.69) is 37.2 Å². The number of thiophene rings is 1. The molecule has 0 saturated heterocycles. The van der Waals surface area contributed by atoms with Crippen LogP contribution in [0.2, 0.25) is 0 Å². The van der Waals surface area contributed by atoms with Crippen LogP contribution in [0, 0.1) is 0 Å². The summed E-state index contributed by atoms with van der Waals surface area (Å²) in [5.74, 6) is 0. The lowest BCUT2D eigenvalue weighted by Gasteiger charge is -2.29. The number of nitrogens with one attached hydrogen (secondary N) is 1. The second kappa shape index (κ2) is 6.47. The van der Waals surface area contributed by atoms with E-state index in [0.717, 1.165) is 13.1 Å². The molecule has 0 amide bonds. The molecule has 3 N–H and O–H groups in total. The first-order valence-electron chi connectivity index (χ1n) is 4.97. The Bertz CT molecular complexity index is 312. The predicted octanol–water partition coefficient (Wildman–Crippen LogP) is 2.50. The molecule has 16 heavy (non-hydrogen) atoms. The molecule has 0 aliphatic rings. The minimum Gasteiger partial charge on any atom is -0.394 e. The Balaban J connectivity index is 2.62. The maximum Gasteiger partial charge on any atom is 0.0843 e. The van der Waals surface area contributed by atoms with Crippen LogP contribution >= 0.6 is 43.2 Å². The van der Waals surface area contributed by atoms with Crippen LogP contribution in [0.4, 0.5) is 0 Å². The molecule has 1 aromatic heterocycles. The summed E-state index contributed by atoms with van der Waals surface area (Å²) in [5, 5.41) is 21.8. The zero-order valence-corrected chi connectivity index (χ0v) is 13.0. The van der Waals surface area contributed by atoms with Gasteiger partial charge >= 0.3 is 0 Å². The molecular formula is C10H15Br2NO2S. The zero-order chi connectivity index (χ0) is 12.2. The van der Waals surface area contributed by atoms with Crippen molar-refractivity contribution in [1.29, 1.82) is 0 Å². The third kappa shape index (κ3) is 3.51. The normalized spacial score (nSPS) is 12.1. The highest BCUT2D eigenvalue weighted by atomic mass is 79.9. The van der Waals surface area contributed by atoms with E-state index in [1.807, 2.05) is 13.0 Å². The average molecular weight is 373 g/mol. The molecule has 6 heteroatoms. The fourth-order valence-corrected chi connectivity index (χ4v) is 3.38. The Morgan fingerprint density at radius 2 is 2.00 bits per heavy atom. The summed E-state index contributed by atoms with van der Waals surface area (Å²) in [5.41, 5.74) is -0.580.